The van der Waals surface area contributed by atoms with E-state index >= 15 is 0 Å². The lowest BCUT2D eigenvalue weighted by atomic mass is 10.3. The molecule has 0 atom stereocenters. The number of hydrogen-bond acceptors (Lipinski definition) is 7. The van der Waals surface area contributed by atoms with Crippen molar-refractivity contribution in [1.82, 2.24) is 4.98 Å². The number of ether oxygens (including phenoxy) is 2. The minimum atomic E-state index is -0.347. The number of anilines is 3. The van der Waals surface area contributed by atoms with Gasteiger partial charge in [-0.2, -0.15) is 0 Å². The highest BCUT2D eigenvalue weighted by Crippen LogP contribution is 2.35. The first-order valence-corrected chi connectivity index (χ1v) is 8.28. The van der Waals surface area contributed by atoms with Crippen molar-refractivity contribution < 1.29 is 19.4 Å². The van der Waals surface area contributed by atoms with E-state index in [2.05, 4.69) is 15.6 Å². The van der Waals surface area contributed by atoms with Gasteiger partial charge >= 0.3 is 0 Å². The van der Waals surface area contributed by atoms with Crippen molar-refractivity contribution >= 4 is 33.8 Å². The molecule has 8 heteroatoms. The van der Waals surface area contributed by atoms with Gasteiger partial charge in [-0.3, -0.25) is 4.79 Å². The molecule has 0 saturated heterocycles. The largest absolute Gasteiger partial charge is 0.508 e. The zero-order valence-electron chi connectivity index (χ0n) is 12.9. The summed E-state index contributed by atoms with van der Waals surface area (Å²) in [6.07, 6.45) is 0. The number of phenols is 1. The van der Waals surface area contributed by atoms with Crippen LogP contribution >= 0.6 is 11.3 Å². The van der Waals surface area contributed by atoms with Crippen LogP contribution in [-0.4, -0.2) is 22.8 Å². The van der Waals surface area contributed by atoms with Crippen molar-refractivity contribution in [3.05, 3.63) is 53.5 Å². The number of nitrogens with one attached hydrogen (secondary N) is 2. The van der Waals surface area contributed by atoms with Crippen LogP contribution in [-0.2, 0) is 0 Å². The van der Waals surface area contributed by atoms with Crippen LogP contribution in [0, 0.1) is 0 Å². The summed E-state index contributed by atoms with van der Waals surface area (Å²) in [6.45, 7) is 0.218. The van der Waals surface area contributed by atoms with Gasteiger partial charge in [0, 0.05) is 28.9 Å². The molecule has 25 heavy (non-hydrogen) atoms. The lowest BCUT2D eigenvalue weighted by molar-refractivity contribution is 0.102. The van der Waals surface area contributed by atoms with Crippen LogP contribution in [0.25, 0.3) is 0 Å². The van der Waals surface area contributed by atoms with Crippen molar-refractivity contribution in [1.29, 1.82) is 0 Å². The summed E-state index contributed by atoms with van der Waals surface area (Å²) in [6, 6.07) is 11.8. The number of aromatic nitrogens is 1. The fourth-order valence-electron chi connectivity index (χ4n) is 2.31. The molecule has 2 heterocycles. The van der Waals surface area contributed by atoms with E-state index in [4.69, 9.17) is 9.47 Å². The standard InChI is InChI=1S/C17H13N3O4S/c21-12-3-1-2-10(6-12)18-16(22)13-8-25-17(20-13)19-11-4-5-14-15(7-11)24-9-23-14/h1-8,21H,9H2,(H,18,22)(H,19,20). The maximum atomic E-state index is 12.2. The van der Waals surface area contributed by atoms with Gasteiger partial charge in [-0.15, -0.1) is 11.3 Å². The Morgan fingerprint density at radius 1 is 1.12 bits per heavy atom. The second-order valence-corrected chi connectivity index (χ2v) is 6.09. The van der Waals surface area contributed by atoms with Crippen molar-refractivity contribution in [2.45, 2.75) is 0 Å². The zero-order chi connectivity index (χ0) is 17.2. The van der Waals surface area contributed by atoms with Gasteiger partial charge in [0.1, 0.15) is 11.4 Å². The topological polar surface area (TPSA) is 92.7 Å². The average Bonchev–Trinajstić information content (AvgIpc) is 3.23. The zero-order valence-corrected chi connectivity index (χ0v) is 13.7. The number of rotatable bonds is 4. The molecule has 3 aromatic rings. The Bertz CT molecular complexity index is 941. The molecule has 0 fully saturated rings. The van der Waals surface area contributed by atoms with Gasteiger partial charge < -0.3 is 25.2 Å². The minimum Gasteiger partial charge on any atom is -0.508 e. The van der Waals surface area contributed by atoms with E-state index < -0.39 is 0 Å². The smallest absolute Gasteiger partial charge is 0.275 e. The quantitative estimate of drug-likeness (QED) is 0.662. The van der Waals surface area contributed by atoms with E-state index in [1.807, 2.05) is 18.2 Å². The molecule has 1 aliphatic rings. The van der Waals surface area contributed by atoms with Crippen LogP contribution in [0.3, 0.4) is 0 Å². The summed E-state index contributed by atoms with van der Waals surface area (Å²) < 4.78 is 10.6. The Labute approximate surface area is 146 Å². The Hall–Kier alpha value is -3.26. The van der Waals surface area contributed by atoms with Gasteiger partial charge in [0.15, 0.2) is 16.6 Å². The SMILES string of the molecule is O=C(Nc1cccc(O)c1)c1csc(Nc2ccc3c(c2)OCO3)n1. The number of hydrogen-bond donors (Lipinski definition) is 3. The second-order valence-electron chi connectivity index (χ2n) is 5.24. The van der Waals surface area contributed by atoms with Gasteiger partial charge in [0.2, 0.25) is 6.79 Å². The van der Waals surface area contributed by atoms with Gasteiger partial charge in [-0.25, -0.2) is 4.98 Å². The molecule has 1 amide bonds. The molecular weight excluding hydrogens is 342 g/mol. The molecule has 0 saturated carbocycles. The number of nitrogens with zero attached hydrogens (tertiary/aromatic N) is 1. The Morgan fingerprint density at radius 3 is 2.88 bits per heavy atom. The molecule has 7 nitrogen and oxygen atoms in total. The predicted octanol–water partition coefficient (Wildman–Crippen LogP) is 3.57. The fourth-order valence-corrected chi connectivity index (χ4v) is 3.02. The average molecular weight is 355 g/mol. The highest BCUT2D eigenvalue weighted by Gasteiger charge is 2.15. The molecule has 0 spiro atoms. The maximum Gasteiger partial charge on any atom is 0.275 e. The number of aromatic hydroxyl groups is 1. The van der Waals surface area contributed by atoms with E-state index in [9.17, 15) is 9.90 Å². The monoisotopic (exact) mass is 355 g/mol. The fraction of sp³-hybridized carbons (Fsp3) is 0.0588. The number of phenolic OH excluding ortho intramolecular Hbond substituents is 1. The molecule has 0 aliphatic carbocycles. The van der Waals surface area contributed by atoms with Crippen LogP contribution in [0.2, 0.25) is 0 Å². The lowest BCUT2D eigenvalue weighted by Gasteiger charge is -2.04. The van der Waals surface area contributed by atoms with Crippen LogP contribution in [0.1, 0.15) is 10.5 Å². The van der Waals surface area contributed by atoms with E-state index in [1.54, 1.807) is 17.5 Å². The summed E-state index contributed by atoms with van der Waals surface area (Å²) in [4.78, 5) is 16.5. The van der Waals surface area contributed by atoms with Crippen LogP contribution < -0.4 is 20.1 Å². The van der Waals surface area contributed by atoms with Gasteiger partial charge in [-0.05, 0) is 24.3 Å². The molecule has 0 unspecified atom stereocenters. The second kappa shape index (κ2) is 6.33. The third kappa shape index (κ3) is 3.33. The van der Waals surface area contributed by atoms with Gasteiger partial charge in [-0.1, -0.05) is 6.07 Å². The number of fused-ring (bicyclic) bond motifs is 1. The maximum absolute atomic E-state index is 12.2. The normalized spacial score (nSPS) is 12.0. The summed E-state index contributed by atoms with van der Waals surface area (Å²) in [5, 5.41) is 17.5. The van der Waals surface area contributed by atoms with Crippen LogP contribution in [0.15, 0.2) is 47.8 Å². The molecule has 0 radical (unpaired) electrons. The summed E-state index contributed by atoms with van der Waals surface area (Å²) >= 11 is 1.32. The third-order valence-corrected chi connectivity index (χ3v) is 4.22. The summed E-state index contributed by atoms with van der Waals surface area (Å²) in [7, 11) is 0. The molecule has 0 bridgehead atoms. The van der Waals surface area contributed by atoms with Crippen LogP contribution in [0.5, 0.6) is 17.2 Å². The number of carbonyl (C=O) groups excluding carboxylic acids is 1. The number of benzene rings is 2. The van der Waals surface area contributed by atoms with Gasteiger partial charge in [0.05, 0.1) is 0 Å². The van der Waals surface area contributed by atoms with E-state index in [-0.39, 0.29) is 24.1 Å². The van der Waals surface area contributed by atoms with Crippen molar-refractivity contribution in [3.63, 3.8) is 0 Å². The molecule has 1 aromatic heterocycles. The van der Waals surface area contributed by atoms with E-state index in [0.717, 1.165) is 5.69 Å². The lowest BCUT2D eigenvalue weighted by Crippen LogP contribution is -2.12. The Balaban J connectivity index is 1.45. The van der Waals surface area contributed by atoms with Gasteiger partial charge in [0.25, 0.3) is 5.91 Å². The molecule has 3 N–H and O–H groups in total. The van der Waals surface area contributed by atoms with Crippen LogP contribution in [0.4, 0.5) is 16.5 Å². The highest BCUT2D eigenvalue weighted by molar-refractivity contribution is 7.14. The molecule has 4 rings (SSSR count). The Morgan fingerprint density at radius 2 is 2.00 bits per heavy atom. The first-order chi connectivity index (χ1) is 12.2. The molecule has 2 aromatic carbocycles. The number of carbonyl (C=O) groups is 1. The van der Waals surface area contributed by atoms with Crippen molar-refractivity contribution in [2.24, 2.45) is 0 Å². The first-order valence-electron chi connectivity index (χ1n) is 7.40. The third-order valence-electron chi connectivity index (χ3n) is 3.46. The molecule has 126 valence electrons. The van der Waals surface area contributed by atoms with E-state index in [1.165, 1.54) is 23.5 Å². The summed E-state index contributed by atoms with van der Waals surface area (Å²) in [5.74, 6) is 1.11. The molecule has 1 aliphatic heterocycles. The first kappa shape index (κ1) is 15.3. The minimum absolute atomic E-state index is 0.0845. The summed E-state index contributed by atoms with van der Waals surface area (Å²) in [5.41, 5.74) is 1.58. The van der Waals surface area contributed by atoms with Crippen molar-refractivity contribution in [2.75, 3.05) is 17.4 Å². The Kier molecular flexibility index (Phi) is 3.87. The highest BCUT2D eigenvalue weighted by atomic mass is 32.1. The van der Waals surface area contributed by atoms with Crippen molar-refractivity contribution in [3.8, 4) is 17.2 Å². The predicted molar refractivity (Wildman–Crippen MR) is 94.0 cm³/mol. The number of thiazole rings is 1. The molecular formula is C17H13N3O4S. The van der Waals surface area contributed by atoms with E-state index in [0.29, 0.717) is 22.3 Å². The number of amides is 1.